The molecular weight excluding hydrogens is 296 g/mol. The van der Waals surface area contributed by atoms with Crippen molar-refractivity contribution in [1.29, 1.82) is 0 Å². The van der Waals surface area contributed by atoms with Crippen LogP contribution in [-0.2, 0) is 14.3 Å². The number of quaternary nitrogens is 1. The molecule has 6 nitrogen and oxygen atoms in total. The molecule has 6 heteroatoms. The van der Waals surface area contributed by atoms with E-state index >= 15 is 0 Å². The van der Waals surface area contributed by atoms with Crippen molar-refractivity contribution in [2.45, 2.75) is 26.2 Å². The van der Waals surface area contributed by atoms with E-state index in [1.54, 1.807) is 33.0 Å². The molecule has 1 saturated heterocycles. The maximum Gasteiger partial charge on any atom is 0.318 e. The number of esters is 1. The zero-order chi connectivity index (χ0) is 17.3. The van der Waals surface area contributed by atoms with E-state index in [0.29, 0.717) is 25.9 Å². The second-order valence-corrected chi connectivity index (χ2v) is 7.35. The molecule has 3 atom stereocenters. The van der Waals surface area contributed by atoms with Crippen LogP contribution < -0.4 is 0 Å². The highest BCUT2D eigenvalue weighted by atomic mass is 16.5. The van der Waals surface area contributed by atoms with Crippen LogP contribution in [0.1, 0.15) is 26.2 Å². The highest BCUT2D eigenvalue weighted by Crippen LogP contribution is 2.49. The Morgan fingerprint density at radius 3 is 2.78 bits per heavy atom. The third-order valence-corrected chi connectivity index (χ3v) is 5.15. The van der Waals surface area contributed by atoms with Gasteiger partial charge in [0.05, 0.1) is 27.2 Å². The zero-order valence-electron chi connectivity index (χ0n) is 14.6. The van der Waals surface area contributed by atoms with Gasteiger partial charge >= 0.3 is 5.97 Å². The fourth-order valence-corrected chi connectivity index (χ4v) is 3.95. The molecule has 1 amide bonds. The van der Waals surface area contributed by atoms with Gasteiger partial charge in [-0.1, -0.05) is 12.2 Å². The molecule has 0 bridgehead atoms. The molecule has 0 saturated carbocycles. The van der Waals surface area contributed by atoms with Gasteiger partial charge < -0.3 is 19.5 Å². The van der Waals surface area contributed by atoms with E-state index in [9.17, 15) is 14.8 Å². The van der Waals surface area contributed by atoms with Crippen LogP contribution in [0.5, 0.6) is 0 Å². The van der Waals surface area contributed by atoms with E-state index in [-0.39, 0.29) is 28.5 Å². The Morgan fingerprint density at radius 2 is 2.17 bits per heavy atom. The molecule has 2 rings (SSSR count). The first-order valence-corrected chi connectivity index (χ1v) is 8.31. The molecule has 23 heavy (non-hydrogen) atoms. The summed E-state index contributed by atoms with van der Waals surface area (Å²) in [7, 11) is 5.00. The van der Waals surface area contributed by atoms with Gasteiger partial charge in [-0.3, -0.25) is 9.59 Å². The van der Waals surface area contributed by atoms with E-state index in [2.05, 4.69) is 6.08 Å². The number of ether oxygens (including phenoxy) is 1. The van der Waals surface area contributed by atoms with Gasteiger partial charge in [-0.05, 0) is 25.7 Å². The van der Waals surface area contributed by atoms with Gasteiger partial charge in [0.1, 0.15) is 5.92 Å². The number of likely N-dealkylation sites (tertiary alicyclic amines) is 1. The number of rotatable bonds is 5. The van der Waals surface area contributed by atoms with Crippen LogP contribution in [0.25, 0.3) is 0 Å². The number of nitrogens with zero attached hydrogens (tertiary/aromatic N) is 2. The van der Waals surface area contributed by atoms with Gasteiger partial charge in [0.2, 0.25) is 5.91 Å². The number of hydroxylamine groups is 3. The van der Waals surface area contributed by atoms with Gasteiger partial charge in [-0.2, -0.15) is 0 Å². The summed E-state index contributed by atoms with van der Waals surface area (Å²) in [6.45, 7) is 3.09. The van der Waals surface area contributed by atoms with Gasteiger partial charge in [-0.15, -0.1) is 0 Å². The third kappa shape index (κ3) is 3.75. The normalized spacial score (nSPS) is 31.0. The molecule has 0 aromatic rings. The molecule has 0 unspecified atom stereocenters. The van der Waals surface area contributed by atoms with Gasteiger partial charge in [0, 0.05) is 25.4 Å². The second kappa shape index (κ2) is 6.61. The Balaban J connectivity index is 2.32. The summed E-state index contributed by atoms with van der Waals surface area (Å²) in [5.74, 6) is -1.41. The van der Waals surface area contributed by atoms with E-state index in [4.69, 9.17) is 4.74 Å². The predicted molar refractivity (Wildman–Crippen MR) is 87.0 cm³/mol. The standard InChI is InChI=1S/C17H28N2O4/c1-5-23-16(21)14-13-8-6-7-9-17(13,10-11-19(3,4)22)12-18(2)15(14)20/h6-7,13-14H,5,8-12H2,1-4H3/t13-,14-,17-/m1/s1. The number of allylic oxidation sites excluding steroid dienone is 2. The van der Waals surface area contributed by atoms with Crippen LogP contribution in [0.4, 0.5) is 0 Å². The molecule has 1 heterocycles. The average Bonchev–Trinajstić information content (AvgIpc) is 2.46. The van der Waals surface area contributed by atoms with Crippen molar-refractivity contribution in [3.63, 3.8) is 0 Å². The fraction of sp³-hybridized carbons (Fsp3) is 0.765. The van der Waals surface area contributed by atoms with Crippen molar-refractivity contribution >= 4 is 11.9 Å². The summed E-state index contributed by atoms with van der Waals surface area (Å²) in [6, 6.07) is 0. The summed E-state index contributed by atoms with van der Waals surface area (Å²) in [5.41, 5.74) is -0.214. The lowest BCUT2D eigenvalue weighted by Crippen LogP contribution is -2.59. The topological polar surface area (TPSA) is 69.7 Å². The lowest BCUT2D eigenvalue weighted by atomic mass is 9.59. The van der Waals surface area contributed by atoms with Crippen LogP contribution in [0.15, 0.2) is 12.2 Å². The number of piperidine rings is 1. The molecule has 130 valence electrons. The maximum atomic E-state index is 12.6. The van der Waals surface area contributed by atoms with Crippen molar-refractivity contribution < 1.29 is 19.0 Å². The van der Waals surface area contributed by atoms with Crippen molar-refractivity contribution in [1.82, 2.24) is 4.90 Å². The van der Waals surface area contributed by atoms with Crippen LogP contribution in [0.2, 0.25) is 0 Å². The minimum atomic E-state index is -0.749. The number of amides is 1. The molecule has 1 fully saturated rings. The zero-order valence-corrected chi connectivity index (χ0v) is 14.6. The fourth-order valence-electron chi connectivity index (χ4n) is 3.95. The Kier molecular flexibility index (Phi) is 5.16. The SMILES string of the molecule is CCOC(=O)[C@H]1C(=O)N(C)C[C@]2(CC[N+](C)(C)[O-])CC=CC[C@H]12. The number of fused-ring (bicyclic) bond motifs is 1. The second-order valence-electron chi connectivity index (χ2n) is 7.35. The highest BCUT2D eigenvalue weighted by molar-refractivity contribution is 5.98. The maximum absolute atomic E-state index is 12.6. The quantitative estimate of drug-likeness (QED) is 0.253. The summed E-state index contributed by atoms with van der Waals surface area (Å²) in [4.78, 5) is 26.6. The largest absolute Gasteiger partial charge is 0.633 e. The van der Waals surface area contributed by atoms with E-state index in [1.807, 2.05) is 6.08 Å². The first kappa shape index (κ1) is 17.9. The van der Waals surface area contributed by atoms with Crippen molar-refractivity contribution in [3.05, 3.63) is 17.4 Å². The summed E-state index contributed by atoms with van der Waals surface area (Å²) in [6.07, 6.45) is 6.35. The lowest BCUT2D eigenvalue weighted by Gasteiger charge is -2.52. The Hall–Kier alpha value is -1.40. The highest BCUT2D eigenvalue weighted by Gasteiger charge is 2.54. The van der Waals surface area contributed by atoms with Crippen LogP contribution in [0, 0.1) is 22.5 Å². The molecular formula is C17H28N2O4. The van der Waals surface area contributed by atoms with Crippen molar-refractivity contribution in [2.24, 2.45) is 17.3 Å². The molecule has 1 aliphatic carbocycles. The first-order chi connectivity index (χ1) is 10.7. The molecule has 0 N–H and O–H groups in total. The summed E-state index contributed by atoms with van der Waals surface area (Å²) < 4.78 is 4.80. The van der Waals surface area contributed by atoms with Crippen LogP contribution in [-0.4, -0.2) is 62.3 Å². The van der Waals surface area contributed by atoms with Gasteiger partial charge in [0.15, 0.2) is 0 Å². The Labute approximate surface area is 138 Å². The third-order valence-electron chi connectivity index (χ3n) is 5.15. The number of hydrogen-bond donors (Lipinski definition) is 0. The summed E-state index contributed by atoms with van der Waals surface area (Å²) in [5, 5.41) is 12.0. The van der Waals surface area contributed by atoms with Crippen molar-refractivity contribution in [3.8, 4) is 0 Å². The number of carbonyl (C=O) groups is 2. The predicted octanol–water partition coefficient (Wildman–Crippen LogP) is 1.55. The molecule has 0 aromatic heterocycles. The summed E-state index contributed by atoms with van der Waals surface area (Å²) >= 11 is 0. The molecule has 0 aromatic carbocycles. The van der Waals surface area contributed by atoms with E-state index in [0.717, 1.165) is 6.42 Å². The lowest BCUT2D eigenvalue weighted by molar-refractivity contribution is -0.841. The smallest absolute Gasteiger partial charge is 0.318 e. The minimum absolute atomic E-state index is 0.0817. The monoisotopic (exact) mass is 324 g/mol. The Bertz CT molecular complexity index is 497. The average molecular weight is 324 g/mol. The number of carbonyl (C=O) groups excluding carboxylic acids is 2. The van der Waals surface area contributed by atoms with Gasteiger partial charge in [0.25, 0.3) is 0 Å². The molecule has 0 spiro atoms. The molecule has 0 radical (unpaired) electrons. The van der Waals surface area contributed by atoms with Crippen LogP contribution in [0.3, 0.4) is 0 Å². The van der Waals surface area contributed by atoms with Crippen molar-refractivity contribution in [2.75, 3.05) is 40.8 Å². The van der Waals surface area contributed by atoms with Gasteiger partial charge in [-0.25, -0.2) is 0 Å². The number of hydrogen-bond acceptors (Lipinski definition) is 4. The molecule has 1 aliphatic heterocycles. The molecule has 2 aliphatic rings. The first-order valence-electron chi connectivity index (χ1n) is 8.31. The van der Waals surface area contributed by atoms with Crippen LogP contribution >= 0.6 is 0 Å². The van der Waals surface area contributed by atoms with E-state index < -0.39 is 11.9 Å². The Morgan fingerprint density at radius 1 is 1.48 bits per heavy atom. The minimum Gasteiger partial charge on any atom is -0.633 e. The van der Waals surface area contributed by atoms with E-state index in [1.165, 1.54) is 0 Å².